The summed E-state index contributed by atoms with van der Waals surface area (Å²) in [5.74, 6) is 0.130. The molecule has 42 valence electrons. The van der Waals surface area contributed by atoms with Crippen LogP contribution in [0.1, 0.15) is 0 Å². The number of rotatable bonds is 0. The second-order valence-corrected chi connectivity index (χ2v) is 1.44. The Labute approximate surface area is 55.8 Å². The van der Waals surface area contributed by atoms with Gasteiger partial charge in [-0.2, -0.15) is 0 Å². The van der Waals surface area contributed by atoms with E-state index >= 15 is 0 Å². The number of diazo groups is 1. The SMILES string of the molecule is N#[N+]c1ncsn1.[Cl-]. The molecule has 0 aliphatic heterocycles. The van der Waals surface area contributed by atoms with Crippen molar-refractivity contribution in [2.24, 2.45) is 0 Å². The molecule has 0 spiro atoms. The first-order valence-corrected chi connectivity index (χ1v) is 2.38. The van der Waals surface area contributed by atoms with Crippen molar-refractivity contribution >= 4 is 17.5 Å². The fraction of sp³-hybridized carbons (Fsp3) is 0. The van der Waals surface area contributed by atoms with Gasteiger partial charge in [0.25, 0.3) is 0 Å². The molecule has 6 heteroatoms. The van der Waals surface area contributed by atoms with Gasteiger partial charge in [-0.25, -0.2) is 0 Å². The Balaban J connectivity index is 0.000000490. The highest BCUT2D eigenvalue weighted by Gasteiger charge is 2.04. The minimum atomic E-state index is 0. The lowest BCUT2D eigenvalue weighted by molar-refractivity contribution is -0.00000180. The summed E-state index contributed by atoms with van der Waals surface area (Å²) >= 11 is 1.15. The molecule has 0 radical (unpaired) electrons. The lowest BCUT2D eigenvalue weighted by Crippen LogP contribution is -3.00. The zero-order valence-electron chi connectivity index (χ0n) is 3.65. The van der Waals surface area contributed by atoms with Gasteiger partial charge in [-0.3, -0.25) is 0 Å². The van der Waals surface area contributed by atoms with E-state index in [1.54, 1.807) is 0 Å². The van der Waals surface area contributed by atoms with E-state index in [2.05, 4.69) is 14.3 Å². The van der Waals surface area contributed by atoms with Crippen molar-refractivity contribution in [2.45, 2.75) is 0 Å². The van der Waals surface area contributed by atoms with Gasteiger partial charge in [0.1, 0.15) is 0 Å². The van der Waals surface area contributed by atoms with Crippen LogP contribution in [0.4, 0.5) is 5.95 Å². The number of halogens is 1. The molecule has 0 saturated heterocycles. The van der Waals surface area contributed by atoms with E-state index in [1.807, 2.05) is 0 Å². The average Bonchev–Trinajstić information content (AvgIpc) is 2.14. The topological polar surface area (TPSA) is 53.9 Å². The van der Waals surface area contributed by atoms with Gasteiger partial charge in [-0.1, -0.05) is 0 Å². The third kappa shape index (κ3) is 1.40. The molecule has 0 N–H and O–H groups in total. The van der Waals surface area contributed by atoms with Crippen LogP contribution in [-0.2, 0) is 0 Å². The number of nitrogens with zero attached hydrogens (tertiary/aromatic N) is 4. The summed E-state index contributed by atoms with van der Waals surface area (Å²) in [4.78, 5) is 6.24. The van der Waals surface area contributed by atoms with Crippen molar-refractivity contribution in [3.05, 3.63) is 10.5 Å². The standard InChI is InChI=1S/C2HN4S.ClH/c3-5-2-4-1-7-6-2;/h1H;1H/q+1;/p-1. The predicted molar refractivity (Wildman–Crippen MR) is 24.7 cm³/mol. The van der Waals surface area contributed by atoms with Gasteiger partial charge >= 0.3 is 5.95 Å². The van der Waals surface area contributed by atoms with Crippen LogP contribution >= 0.6 is 11.5 Å². The fourth-order valence-corrected chi connectivity index (χ4v) is 0.576. The molecule has 4 nitrogen and oxygen atoms in total. The van der Waals surface area contributed by atoms with Gasteiger partial charge in [0.05, 0.1) is 16.9 Å². The van der Waals surface area contributed by atoms with Crippen LogP contribution in [0.25, 0.3) is 4.98 Å². The summed E-state index contributed by atoms with van der Waals surface area (Å²) in [6.45, 7) is 0. The third-order valence-corrected chi connectivity index (χ3v) is 0.908. The van der Waals surface area contributed by atoms with E-state index in [9.17, 15) is 0 Å². The van der Waals surface area contributed by atoms with Crippen LogP contribution in [0.2, 0.25) is 0 Å². The van der Waals surface area contributed by atoms with Gasteiger partial charge in [0.15, 0.2) is 5.51 Å². The second-order valence-electron chi connectivity index (χ2n) is 0.831. The highest BCUT2D eigenvalue weighted by Crippen LogP contribution is 2.01. The quantitative estimate of drug-likeness (QED) is 0.401. The minimum absolute atomic E-state index is 0. The molecule has 0 unspecified atom stereocenters. The summed E-state index contributed by atoms with van der Waals surface area (Å²) < 4.78 is 3.55. The first-order valence-electron chi connectivity index (χ1n) is 1.55. The van der Waals surface area contributed by atoms with E-state index in [0.717, 1.165) is 11.5 Å². The van der Waals surface area contributed by atoms with E-state index in [4.69, 9.17) is 5.39 Å². The van der Waals surface area contributed by atoms with Crippen molar-refractivity contribution < 1.29 is 12.4 Å². The Hall–Kier alpha value is -0.730. The molecule has 0 amide bonds. The van der Waals surface area contributed by atoms with Gasteiger partial charge < -0.3 is 12.4 Å². The van der Waals surface area contributed by atoms with Crippen LogP contribution in [0.15, 0.2) is 5.51 Å². The molecule has 8 heavy (non-hydrogen) atoms. The summed E-state index contributed by atoms with van der Waals surface area (Å²) in [6.07, 6.45) is 0. The lowest BCUT2D eigenvalue weighted by atomic mass is 11.1. The second kappa shape index (κ2) is 3.29. The summed E-state index contributed by atoms with van der Waals surface area (Å²) in [5.41, 5.74) is 1.50. The molecule has 1 rings (SSSR count). The van der Waals surface area contributed by atoms with Gasteiger partial charge in [-0.15, -0.1) is 0 Å². The normalized spacial score (nSPS) is 6.88. The van der Waals surface area contributed by atoms with Crippen LogP contribution < -0.4 is 12.4 Å². The molecule has 0 fully saturated rings. The summed E-state index contributed by atoms with van der Waals surface area (Å²) in [6, 6.07) is 0. The maximum absolute atomic E-state index is 7.93. The van der Waals surface area contributed by atoms with Crippen molar-refractivity contribution in [1.82, 2.24) is 9.36 Å². The maximum atomic E-state index is 7.93. The predicted octanol–water partition coefficient (Wildman–Crippen LogP) is -1.97. The first kappa shape index (κ1) is 7.27. The van der Waals surface area contributed by atoms with Crippen molar-refractivity contribution in [2.75, 3.05) is 0 Å². The Bertz CT molecular complexity index is 176. The summed E-state index contributed by atoms with van der Waals surface area (Å²) in [5, 5.41) is 7.93. The Morgan fingerprint density at radius 3 is 2.75 bits per heavy atom. The molecule has 0 aliphatic rings. The third-order valence-electron chi connectivity index (χ3n) is 0.439. The fourth-order valence-electron chi connectivity index (χ4n) is 0.209. The lowest BCUT2D eigenvalue weighted by Gasteiger charge is -1.43. The van der Waals surface area contributed by atoms with Crippen LogP contribution in [0, 0.1) is 5.39 Å². The minimum Gasteiger partial charge on any atom is -1.00 e. The Kier molecular flexibility index (Phi) is 2.99. The molecular weight excluding hydrogens is 148 g/mol. The molecule has 0 atom stereocenters. The van der Waals surface area contributed by atoms with Crippen molar-refractivity contribution in [1.29, 1.82) is 5.39 Å². The zero-order chi connectivity index (χ0) is 5.11. The van der Waals surface area contributed by atoms with E-state index in [0.29, 0.717) is 0 Å². The van der Waals surface area contributed by atoms with Crippen LogP contribution in [0.5, 0.6) is 0 Å². The van der Waals surface area contributed by atoms with Gasteiger partial charge in [0.2, 0.25) is 0 Å². The number of hydrogen-bond acceptors (Lipinski definition) is 4. The zero-order valence-corrected chi connectivity index (χ0v) is 5.22. The van der Waals surface area contributed by atoms with Crippen molar-refractivity contribution in [3.63, 3.8) is 0 Å². The van der Waals surface area contributed by atoms with E-state index in [1.165, 1.54) is 5.51 Å². The maximum Gasteiger partial charge on any atom is 0.574 e. The summed E-state index contributed by atoms with van der Waals surface area (Å²) in [7, 11) is 0. The highest BCUT2D eigenvalue weighted by atomic mass is 35.5. The van der Waals surface area contributed by atoms with E-state index in [-0.39, 0.29) is 18.4 Å². The molecule has 0 saturated carbocycles. The molecule has 1 aromatic heterocycles. The van der Waals surface area contributed by atoms with Crippen LogP contribution in [-0.4, -0.2) is 9.36 Å². The average molecular weight is 149 g/mol. The molecule has 0 aromatic carbocycles. The smallest absolute Gasteiger partial charge is 0.574 e. The monoisotopic (exact) mass is 148 g/mol. The largest absolute Gasteiger partial charge is 1.00 e. The van der Waals surface area contributed by atoms with Crippen LogP contribution in [0.3, 0.4) is 0 Å². The number of aromatic nitrogens is 2. The van der Waals surface area contributed by atoms with Gasteiger partial charge in [-0.05, 0) is 9.96 Å². The highest BCUT2D eigenvalue weighted by molar-refractivity contribution is 7.03. The van der Waals surface area contributed by atoms with E-state index < -0.39 is 0 Å². The first-order chi connectivity index (χ1) is 3.43. The number of hydrogen-bond donors (Lipinski definition) is 0. The molecular formula is C2HClN4S. The molecule has 1 heterocycles. The molecule has 1 aromatic rings. The van der Waals surface area contributed by atoms with Gasteiger partial charge in [0, 0.05) is 4.37 Å². The molecule has 0 aliphatic carbocycles. The van der Waals surface area contributed by atoms with Crippen molar-refractivity contribution in [3.8, 4) is 0 Å². The Morgan fingerprint density at radius 2 is 2.50 bits per heavy atom. The Morgan fingerprint density at radius 1 is 1.75 bits per heavy atom. The molecule has 0 bridgehead atoms.